The highest BCUT2D eigenvalue weighted by Gasteiger charge is 2.51. The predicted octanol–water partition coefficient (Wildman–Crippen LogP) is 9.23. The monoisotopic (exact) mass is 455 g/mol. The smallest absolute Gasteiger partial charge is 0.0396 e. The maximum atomic E-state index is 3.73. The van der Waals surface area contributed by atoms with Crippen LogP contribution in [-0.4, -0.2) is 0 Å². The topological polar surface area (TPSA) is 12.0 Å². The average Bonchev–Trinajstić information content (AvgIpc) is 2.89. The Labute approximate surface area is 209 Å². The largest absolute Gasteiger partial charge is 0.355 e. The first kappa shape index (κ1) is 21.0. The minimum atomic E-state index is 0.459. The molecule has 4 aromatic rings. The highest BCUT2D eigenvalue weighted by atomic mass is 14.9. The summed E-state index contributed by atoms with van der Waals surface area (Å²) in [5, 5.41) is 3.73. The van der Waals surface area contributed by atoms with Crippen molar-refractivity contribution in [2.24, 2.45) is 17.8 Å². The van der Waals surface area contributed by atoms with Gasteiger partial charge in [-0.25, -0.2) is 0 Å². The summed E-state index contributed by atoms with van der Waals surface area (Å²) in [5.41, 5.74) is 9.30. The van der Waals surface area contributed by atoms with Gasteiger partial charge in [0.05, 0.1) is 0 Å². The zero-order valence-corrected chi connectivity index (χ0v) is 20.3. The molecule has 0 unspecified atom stereocenters. The summed E-state index contributed by atoms with van der Waals surface area (Å²) in [6.45, 7) is 0. The highest BCUT2D eigenvalue weighted by molar-refractivity contribution is 5.79. The molecule has 4 aliphatic rings. The molecule has 4 aliphatic carbocycles. The van der Waals surface area contributed by atoms with Crippen molar-refractivity contribution >= 4 is 11.4 Å². The molecule has 4 bridgehead atoms. The van der Waals surface area contributed by atoms with E-state index in [0.29, 0.717) is 5.41 Å². The molecule has 8 rings (SSSR count). The molecule has 4 saturated carbocycles. The SMILES string of the molecule is c1ccc(-c2cc(Nc3ccc(C45CC6CC(CC(C6)C4)C5)cc3)cc(-c3ccccc3)c2)cc1. The number of hydrogen-bond acceptors (Lipinski definition) is 1. The van der Waals surface area contributed by atoms with Crippen molar-refractivity contribution in [2.45, 2.75) is 43.9 Å². The number of anilines is 2. The van der Waals surface area contributed by atoms with Crippen LogP contribution in [-0.2, 0) is 5.41 Å². The molecule has 4 fully saturated rings. The molecule has 1 N–H and O–H groups in total. The lowest BCUT2D eigenvalue weighted by atomic mass is 9.48. The normalized spacial score (nSPS) is 26.6. The molecule has 4 aromatic carbocycles. The zero-order chi connectivity index (χ0) is 23.2. The predicted molar refractivity (Wildman–Crippen MR) is 147 cm³/mol. The molecule has 0 radical (unpaired) electrons. The average molecular weight is 456 g/mol. The van der Waals surface area contributed by atoms with E-state index in [1.54, 1.807) is 5.56 Å². The molecule has 0 spiro atoms. The van der Waals surface area contributed by atoms with Gasteiger partial charge in [0.2, 0.25) is 0 Å². The van der Waals surface area contributed by atoms with E-state index in [4.69, 9.17) is 0 Å². The third-order valence-electron chi connectivity index (χ3n) is 8.97. The van der Waals surface area contributed by atoms with Crippen LogP contribution in [0.5, 0.6) is 0 Å². The van der Waals surface area contributed by atoms with E-state index in [-0.39, 0.29) is 0 Å². The third kappa shape index (κ3) is 3.97. The number of hydrogen-bond donors (Lipinski definition) is 1. The Kier molecular flexibility index (Phi) is 5.05. The van der Waals surface area contributed by atoms with E-state index in [2.05, 4.69) is 108 Å². The molecule has 1 heteroatoms. The first-order valence-corrected chi connectivity index (χ1v) is 13.4. The van der Waals surface area contributed by atoms with Gasteiger partial charge in [-0.2, -0.15) is 0 Å². The van der Waals surface area contributed by atoms with Gasteiger partial charge in [-0.05, 0) is 120 Å². The lowest BCUT2D eigenvalue weighted by molar-refractivity contribution is -0.00518. The standard InChI is InChI=1S/C34H33N/c1-3-7-27(8-4-1)29-18-30(28-9-5-2-6-10-28)20-33(19-29)35-32-13-11-31(12-14-32)34-21-24-15-25(22-34)17-26(16-24)23-34/h1-14,18-20,24-26,35H,15-17,21-23H2. The maximum absolute atomic E-state index is 3.73. The van der Waals surface area contributed by atoms with Crippen LogP contribution in [0.1, 0.15) is 44.1 Å². The van der Waals surface area contributed by atoms with Gasteiger partial charge in [0, 0.05) is 11.4 Å². The Morgan fingerprint density at radius 2 is 0.971 bits per heavy atom. The number of nitrogens with one attached hydrogen (secondary N) is 1. The molecule has 0 aromatic heterocycles. The fourth-order valence-electron chi connectivity index (χ4n) is 7.83. The molecule has 0 heterocycles. The van der Waals surface area contributed by atoms with E-state index >= 15 is 0 Å². The van der Waals surface area contributed by atoms with E-state index in [1.807, 2.05) is 0 Å². The van der Waals surface area contributed by atoms with Gasteiger partial charge in [0.15, 0.2) is 0 Å². The van der Waals surface area contributed by atoms with E-state index in [9.17, 15) is 0 Å². The van der Waals surface area contributed by atoms with Gasteiger partial charge >= 0.3 is 0 Å². The summed E-state index contributed by atoms with van der Waals surface area (Å²) < 4.78 is 0. The Morgan fingerprint density at radius 3 is 1.46 bits per heavy atom. The minimum absolute atomic E-state index is 0.459. The van der Waals surface area contributed by atoms with Gasteiger partial charge in [0.1, 0.15) is 0 Å². The van der Waals surface area contributed by atoms with Crippen LogP contribution in [0.2, 0.25) is 0 Å². The number of rotatable bonds is 5. The fourth-order valence-corrected chi connectivity index (χ4v) is 7.83. The van der Waals surface area contributed by atoms with Gasteiger partial charge in [-0.1, -0.05) is 72.8 Å². The summed E-state index contributed by atoms with van der Waals surface area (Å²) >= 11 is 0. The summed E-state index contributed by atoms with van der Waals surface area (Å²) in [6.07, 6.45) is 8.77. The lowest BCUT2D eigenvalue weighted by Crippen LogP contribution is -2.48. The van der Waals surface area contributed by atoms with Crippen LogP contribution in [0.25, 0.3) is 22.3 Å². The van der Waals surface area contributed by atoms with Crippen LogP contribution >= 0.6 is 0 Å². The molecule has 0 amide bonds. The quantitative estimate of drug-likeness (QED) is 0.316. The third-order valence-corrected chi connectivity index (χ3v) is 8.97. The van der Waals surface area contributed by atoms with Gasteiger partial charge in [-0.15, -0.1) is 0 Å². The van der Waals surface area contributed by atoms with Gasteiger partial charge in [0.25, 0.3) is 0 Å². The first-order valence-electron chi connectivity index (χ1n) is 13.4. The second-order valence-electron chi connectivity index (χ2n) is 11.4. The van der Waals surface area contributed by atoms with Crippen LogP contribution in [0.3, 0.4) is 0 Å². The van der Waals surface area contributed by atoms with Crippen molar-refractivity contribution in [3.05, 3.63) is 109 Å². The van der Waals surface area contributed by atoms with E-state index in [0.717, 1.165) is 23.4 Å². The molecular formula is C34H33N. The summed E-state index contributed by atoms with van der Waals surface area (Å²) in [4.78, 5) is 0. The maximum Gasteiger partial charge on any atom is 0.0396 e. The molecule has 0 saturated heterocycles. The van der Waals surface area contributed by atoms with Crippen LogP contribution < -0.4 is 5.32 Å². The second-order valence-corrected chi connectivity index (χ2v) is 11.4. The van der Waals surface area contributed by atoms with Crippen molar-refractivity contribution in [1.29, 1.82) is 0 Å². The van der Waals surface area contributed by atoms with Crippen molar-refractivity contribution in [3.8, 4) is 22.3 Å². The Morgan fingerprint density at radius 1 is 0.486 bits per heavy atom. The van der Waals surface area contributed by atoms with E-state index in [1.165, 1.54) is 66.5 Å². The molecule has 0 aliphatic heterocycles. The summed E-state index contributed by atoms with van der Waals surface area (Å²) in [5.74, 6) is 2.95. The molecule has 174 valence electrons. The second kappa shape index (κ2) is 8.41. The van der Waals surface area contributed by atoms with E-state index < -0.39 is 0 Å². The summed E-state index contributed by atoms with van der Waals surface area (Å²) in [6, 6.07) is 37.7. The molecule has 1 nitrogen and oxygen atoms in total. The number of benzene rings is 4. The van der Waals surface area contributed by atoms with Crippen LogP contribution in [0.4, 0.5) is 11.4 Å². The summed E-state index contributed by atoms with van der Waals surface area (Å²) in [7, 11) is 0. The van der Waals surface area contributed by atoms with Gasteiger partial charge < -0.3 is 5.32 Å². The van der Waals surface area contributed by atoms with Crippen LogP contribution in [0, 0.1) is 17.8 Å². The molecule has 0 atom stereocenters. The highest BCUT2D eigenvalue weighted by Crippen LogP contribution is 2.60. The van der Waals surface area contributed by atoms with Crippen molar-refractivity contribution < 1.29 is 0 Å². The lowest BCUT2D eigenvalue weighted by Gasteiger charge is -2.57. The van der Waals surface area contributed by atoms with Crippen molar-refractivity contribution in [3.63, 3.8) is 0 Å². The first-order chi connectivity index (χ1) is 17.2. The Bertz CT molecular complexity index is 1230. The van der Waals surface area contributed by atoms with Crippen molar-refractivity contribution in [1.82, 2.24) is 0 Å². The Balaban J connectivity index is 1.19. The van der Waals surface area contributed by atoms with Crippen molar-refractivity contribution in [2.75, 3.05) is 5.32 Å². The minimum Gasteiger partial charge on any atom is -0.355 e. The molecular weight excluding hydrogens is 422 g/mol. The Hall–Kier alpha value is -3.32. The fraction of sp³-hybridized carbons (Fsp3) is 0.294. The zero-order valence-electron chi connectivity index (χ0n) is 20.3. The van der Waals surface area contributed by atoms with Crippen LogP contribution in [0.15, 0.2) is 103 Å². The van der Waals surface area contributed by atoms with Gasteiger partial charge in [-0.3, -0.25) is 0 Å². The molecule has 35 heavy (non-hydrogen) atoms.